The first-order valence-corrected chi connectivity index (χ1v) is 8.22. The zero-order chi connectivity index (χ0) is 15.5. The molecule has 4 heteroatoms. The molecule has 120 valence electrons. The predicted octanol–water partition coefficient (Wildman–Crippen LogP) is 3.04. The molecule has 2 atom stereocenters. The van der Waals surface area contributed by atoms with Gasteiger partial charge in [-0.2, -0.15) is 0 Å². The van der Waals surface area contributed by atoms with Gasteiger partial charge < -0.3 is 9.47 Å². The molecule has 0 amide bonds. The molecule has 0 radical (unpaired) electrons. The van der Waals surface area contributed by atoms with E-state index in [2.05, 4.69) is 4.90 Å². The molecule has 4 nitrogen and oxygen atoms in total. The summed E-state index contributed by atoms with van der Waals surface area (Å²) in [7, 11) is 1.69. The fourth-order valence-corrected chi connectivity index (χ4v) is 3.71. The van der Waals surface area contributed by atoms with Crippen molar-refractivity contribution >= 4 is 5.78 Å². The van der Waals surface area contributed by atoms with Crippen LogP contribution < -0.4 is 4.74 Å². The van der Waals surface area contributed by atoms with Crippen molar-refractivity contribution in [2.24, 2.45) is 0 Å². The fourth-order valence-electron chi connectivity index (χ4n) is 3.71. The van der Waals surface area contributed by atoms with Crippen molar-refractivity contribution in [3.05, 3.63) is 29.3 Å². The third kappa shape index (κ3) is 3.18. The summed E-state index contributed by atoms with van der Waals surface area (Å²) in [4.78, 5) is 14.2. The zero-order valence-electron chi connectivity index (χ0n) is 13.5. The molecule has 0 unspecified atom stereocenters. The summed E-state index contributed by atoms with van der Waals surface area (Å²) < 4.78 is 11.4. The summed E-state index contributed by atoms with van der Waals surface area (Å²) in [6.07, 6.45) is 5.32. The van der Waals surface area contributed by atoms with Crippen LogP contribution in [0.1, 0.15) is 48.5 Å². The molecule has 2 fully saturated rings. The highest BCUT2D eigenvalue weighted by Crippen LogP contribution is 2.31. The maximum Gasteiger partial charge on any atom is 0.159 e. The van der Waals surface area contributed by atoms with Crippen LogP contribution in [0.25, 0.3) is 0 Å². The average molecular weight is 303 g/mol. The maximum absolute atomic E-state index is 11.6. The van der Waals surface area contributed by atoms with E-state index in [4.69, 9.17) is 9.47 Å². The van der Waals surface area contributed by atoms with Crippen molar-refractivity contribution in [3.63, 3.8) is 0 Å². The molecule has 1 aromatic carbocycles. The third-order valence-electron chi connectivity index (χ3n) is 4.91. The Balaban J connectivity index is 1.81. The normalized spacial score (nSPS) is 25.5. The van der Waals surface area contributed by atoms with E-state index in [1.807, 2.05) is 18.2 Å². The van der Waals surface area contributed by atoms with Gasteiger partial charge in [0.1, 0.15) is 5.75 Å². The molecule has 0 aromatic heterocycles. The zero-order valence-corrected chi connectivity index (χ0v) is 13.5. The number of Topliss-reactive ketones (excluding diaryl/α,β-unsaturated/α-hetero) is 1. The summed E-state index contributed by atoms with van der Waals surface area (Å²) in [6.45, 7) is 4.19. The van der Waals surface area contributed by atoms with Crippen LogP contribution in [0.15, 0.2) is 18.2 Å². The quantitative estimate of drug-likeness (QED) is 0.801. The van der Waals surface area contributed by atoms with E-state index in [1.54, 1.807) is 14.0 Å². The largest absolute Gasteiger partial charge is 0.496 e. The summed E-state index contributed by atoms with van der Waals surface area (Å²) >= 11 is 0. The Kier molecular flexibility index (Phi) is 4.79. The maximum atomic E-state index is 11.6. The van der Waals surface area contributed by atoms with Crippen LogP contribution >= 0.6 is 0 Å². The van der Waals surface area contributed by atoms with E-state index in [0.29, 0.717) is 12.1 Å². The average Bonchev–Trinajstić information content (AvgIpc) is 2.55. The molecule has 22 heavy (non-hydrogen) atoms. The van der Waals surface area contributed by atoms with Crippen molar-refractivity contribution in [3.8, 4) is 5.75 Å². The van der Waals surface area contributed by atoms with Crippen molar-refractivity contribution in [2.45, 2.75) is 51.3 Å². The SMILES string of the molecule is COc1ccc(C(C)=O)cc1CN1CCO[C@@H]2CCCC[C@H]21. The van der Waals surface area contributed by atoms with Crippen LogP contribution in [0, 0.1) is 0 Å². The lowest BCUT2D eigenvalue weighted by atomic mass is 9.89. The van der Waals surface area contributed by atoms with Crippen LogP contribution in [0.5, 0.6) is 5.75 Å². The predicted molar refractivity (Wildman–Crippen MR) is 85.4 cm³/mol. The lowest BCUT2D eigenvalue weighted by Gasteiger charge is -2.44. The van der Waals surface area contributed by atoms with Crippen LogP contribution in [0.2, 0.25) is 0 Å². The number of carbonyl (C=O) groups is 1. The first-order valence-electron chi connectivity index (χ1n) is 8.22. The highest BCUT2D eigenvalue weighted by molar-refractivity contribution is 5.94. The first-order chi connectivity index (χ1) is 10.7. The number of hydrogen-bond donors (Lipinski definition) is 0. The van der Waals surface area contributed by atoms with Crippen LogP contribution in [-0.2, 0) is 11.3 Å². The van der Waals surface area contributed by atoms with Crippen LogP contribution in [0.4, 0.5) is 0 Å². The summed E-state index contributed by atoms with van der Waals surface area (Å²) in [5.74, 6) is 0.963. The Bertz CT molecular complexity index is 541. The minimum absolute atomic E-state index is 0.0985. The van der Waals surface area contributed by atoms with E-state index >= 15 is 0 Å². The van der Waals surface area contributed by atoms with Gasteiger partial charge in [0, 0.05) is 30.3 Å². The molecule has 3 rings (SSSR count). The Morgan fingerprint density at radius 3 is 2.95 bits per heavy atom. The second-order valence-corrected chi connectivity index (χ2v) is 6.31. The Morgan fingerprint density at radius 1 is 1.36 bits per heavy atom. The van der Waals surface area contributed by atoms with Crippen molar-refractivity contribution in [2.75, 3.05) is 20.3 Å². The number of ether oxygens (including phenoxy) is 2. The highest BCUT2D eigenvalue weighted by Gasteiger charge is 2.34. The topological polar surface area (TPSA) is 38.8 Å². The molecular weight excluding hydrogens is 278 g/mol. The van der Waals surface area contributed by atoms with Gasteiger partial charge in [0.15, 0.2) is 5.78 Å². The van der Waals surface area contributed by atoms with Gasteiger partial charge >= 0.3 is 0 Å². The van der Waals surface area contributed by atoms with E-state index in [1.165, 1.54) is 25.7 Å². The molecule has 1 aromatic rings. The number of hydrogen-bond acceptors (Lipinski definition) is 4. The van der Waals surface area contributed by atoms with Crippen molar-refractivity contribution in [1.29, 1.82) is 0 Å². The van der Waals surface area contributed by atoms with Gasteiger partial charge in [-0.05, 0) is 38.0 Å². The number of nitrogens with zero attached hydrogens (tertiary/aromatic N) is 1. The highest BCUT2D eigenvalue weighted by atomic mass is 16.5. The van der Waals surface area contributed by atoms with Crippen molar-refractivity contribution < 1.29 is 14.3 Å². The molecule has 0 spiro atoms. The molecule has 1 saturated carbocycles. The summed E-state index contributed by atoms with van der Waals surface area (Å²) in [6, 6.07) is 6.24. The number of rotatable bonds is 4. The second-order valence-electron chi connectivity index (χ2n) is 6.31. The van der Waals surface area contributed by atoms with Gasteiger partial charge in [0.05, 0.1) is 19.8 Å². The summed E-state index contributed by atoms with van der Waals surface area (Å²) in [5.41, 5.74) is 1.85. The van der Waals surface area contributed by atoms with E-state index in [9.17, 15) is 4.79 Å². The number of morpholine rings is 1. The smallest absolute Gasteiger partial charge is 0.159 e. The van der Waals surface area contributed by atoms with Gasteiger partial charge in [-0.1, -0.05) is 12.8 Å². The lowest BCUT2D eigenvalue weighted by Crippen LogP contribution is -2.52. The minimum Gasteiger partial charge on any atom is -0.496 e. The number of ketones is 1. The van der Waals surface area contributed by atoms with Gasteiger partial charge in [0.25, 0.3) is 0 Å². The van der Waals surface area contributed by atoms with E-state index in [-0.39, 0.29) is 5.78 Å². The second kappa shape index (κ2) is 6.80. The van der Waals surface area contributed by atoms with Crippen LogP contribution in [-0.4, -0.2) is 43.1 Å². The molecule has 0 bridgehead atoms. The Labute approximate surface area is 132 Å². The third-order valence-corrected chi connectivity index (χ3v) is 4.91. The molecule has 1 aliphatic carbocycles. The number of methoxy groups -OCH3 is 1. The number of benzene rings is 1. The van der Waals surface area contributed by atoms with E-state index in [0.717, 1.165) is 36.6 Å². The number of fused-ring (bicyclic) bond motifs is 1. The Hall–Kier alpha value is -1.39. The van der Waals surface area contributed by atoms with E-state index < -0.39 is 0 Å². The Morgan fingerprint density at radius 2 is 2.18 bits per heavy atom. The first kappa shape index (κ1) is 15.5. The summed E-state index contributed by atoms with van der Waals surface area (Å²) in [5, 5.41) is 0. The molecule has 2 aliphatic rings. The number of carbonyl (C=O) groups excluding carboxylic acids is 1. The van der Waals surface area contributed by atoms with Crippen molar-refractivity contribution in [1.82, 2.24) is 4.90 Å². The molecule has 1 saturated heterocycles. The fraction of sp³-hybridized carbons (Fsp3) is 0.611. The monoisotopic (exact) mass is 303 g/mol. The van der Waals surface area contributed by atoms with Gasteiger partial charge in [0.2, 0.25) is 0 Å². The van der Waals surface area contributed by atoms with Gasteiger partial charge in [-0.3, -0.25) is 9.69 Å². The minimum atomic E-state index is 0.0985. The molecular formula is C18H25NO3. The standard InChI is InChI=1S/C18H25NO3/c1-13(20)14-7-8-17(21-2)15(11-14)12-19-9-10-22-18-6-4-3-5-16(18)19/h7-8,11,16,18H,3-6,9-10,12H2,1-2H3/t16-,18-/m1/s1. The van der Waals surface area contributed by atoms with Crippen LogP contribution in [0.3, 0.4) is 0 Å². The molecule has 1 aliphatic heterocycles. The van der Waals surface area contributed by atoms with Gasteiger partial charge in [-0.25, -0.2) is 0 Å². The lowest BCUT2D eigenvalue weighted by molar-refractivity contribution is -0.0912. The molecule has 0 N–H and O–H groups in total. The molecule has 1 heterocycles. The van der Waals surface area contributed by atoms with Gasteiger partial charge in [-0.15, -0.1) is 0 Å².